The maximum atomic E-state index is 11.3. The first-order chi connectivity index (χ1) is 8.27. The molecule has 1 heterocycles. The van der Waals surface area contributed by atoms with Gasteiger partial charge in [0.05, 0.1) is 18.8 Å². The molecule has 1 fully saturated rings. The predicted octanol–water partition coefficient (Wildman–Crippen LogP) is 1.49. The van der Waals surface area contributed by atoms with Gasteiger partial charge in [0.2, 0.25) is 0 Å². The van der Waals surface area contributed by atoms with E-state index in [-0.39, 0.29) is 6.09 Å². The minimum Gasteiger partial charge on any atom is -0.490 e. The van der Waals surface area contributed by atoms with Gasteiger partial charge in [-0.3, -0.25) is 0 Å². The predicted molar refractivity (Wildman–Crippen MR) is 63.9 cm³/mol. The molecule has 1 aromatic rings. The quantitative estimate of drug-likeness (QED) is 0.804. The van der Waals surface area contributed by atoms with Crippen molar-refractivity contribution in [1.82, 2.24) is 4.90 Å². The number of para-hydroxylation sites is 2. The number of ether oxygens (including phenoxy) is 2. The number of hydrogen-bond donors (Lipinski definition) is 1. The van der Waals surface area contributed by atoms with Crippen LogP contribution >= 0.6 is 0 Å². The van der Waals surface area contributed by atoms with E-state index in [1.165, 1.54) is 0 Å². The van der Waals surface area contributed by atoms with Gasteiger partial charge in [0.15, 0.2) is 0 Å². The van der Waals surface area contributed by atoms with Crippen molar-refractivity contribution >= 4 is 11.8 Å². The van der Waals surface area contributed by atoms with Crippen LogP contribution in [0, 0.1) is 0 Å². The molecule has 92 valence electrons. The molecule has 0 unspecified atom stereocenters. The molecule has 0 aromatic heterocycles. The molecule has 17 heavy (non-hydrogen) atoms. The lowest BCUT2D eigenvalue weighted by atomic mass is 10.3. The third-order valence-electron chi connectivity index (χ3n) is 2.59. The van der Waals surface area contributed by atoms with Gasteiger partial charge in [0.25, 0.3) is 0 Å². The van der Waals surface area contributed by atoms with Gasteiger partial charge < -0.3 is 20.1 Å². The van der Waals surface area contributed by atoms with Crippen molar-refractivity contribution in [2.75, 3.05) is 32.0 Å². The minimum atomic E-state index is -0.263. The van der Waals surface area contributed by atoms with Gasteiger partial charge >= 0.3 is 6.09 Å². The van der Waals surface area contributed by atoms with Crippen molar-refractivity contribution < 1.29 is 14.3 Å². The van der Waals surface area contributed by atoms with E-state index in [1.54, 1.807) is 11.0 Å². The van der Waals surface area contributed by atoms with Crippen LogP contribution in [0.3, 0.4) is 0 Å². The highest BCUT2D eigenvalue weighted by Gasteiger charge is 2.18. The van der Waals surface area contributed by atoms with Gasteiger partial charge in [-0.1, -0.05) is 12.1 Å². The Balaban J connectivity index is 1.79. The summed E-state index contributed by atoms with van der Waals surface area (Å²) in [5.74, 6) is 0.651. The highest BCUT2D eigenvalue weighted by Crippen LogP contribution is 2.19. The summed E-state index contributed by atoms with van der Waals surface area (Å²) in [5.41, 5.74) is 6.34. The van der Waals surface area contributed by atoms with E-state index in [4.69, 9.17) is 15.2 Å². The monoisotopic (exact) mass is 236 g/mol. The molecule has 0 bridgehead atoms. The van der Waals surface area contributed by atoms with Crippen LogP contribution < -0.4 is 10.5 Å². The summed E-state index contributed by atoms with van der Waals surface area (Å²) < 4.78 is 10.4. The maximum absolute atomic E-state index is 11.3. The third kappa shape index (κ3) is 3.03. The Morgan fingerprint density at radius 3 is 3.00 bits per heavy atom. The summed E-state index contributed by atoms with van der Waals surface area (Å²) in [6, 6.07) is 7.30. The molecule has 2 N–H and O–H groups in total. The number of hydrogen-bond acceptors (Lipinski definition) is 4. The first-order valence-corrected chi connectivity index (χ1v) is 5.66. The summed E-state index contributed by atoms with van der Waals surface area (Å²) in [7, 11) is 0. The van der Waals surface area contributed by atoms with Gasteiger partial charge in [-0.05, 0) is 18.6 Å². The molecule has 2 rings (SSSR count). The van der Waals surface area contributed by atoms with E-state index in [9.17, 15) is 4.79 Å². The number of rotatable bonds is 4. The highest BCUT2D eigenvalue weighted by atomic mass is 16.6. The topological polar surface area (TPSA) is 64.8 Å². The van der Waals surface area contributed by atoms with E-state index < -0.39 is 0 Å². The summed E-state index contributed by atoms with van der Waals surface area (Å²) in [4.78, 5) is 13.0. The fourth-order valence-corrected chi connectivity index (χ4v) is 1.68. The van der Waals surface area contributed by atoms with Crippen molar-refractivity contribution in [1.29, 1.82) is 0 Å². The number of cyclic esters (lactones) is 1. The summed E-state index contributed by atoms with van der Waals surface area (Å²) in [6.45, 7) is 2.19. The highest BCUT2D eigenvalue weighted by molar-refractivity contribution is 5.68. The number of nitrogens with zero attached hydrogens (tertiary/aromatic N) is 1. The van der Waals surface area contributed by atoms with Crippen molar-refractivity contribution in [3.63, 3.8) is 0 Å². The average molecular weight is 236 g/mol. The van der Waals surface area contributed by atoms with Crippen molar-refractivity contribution in [3.05, 3.63) is 24.3 Å². The zero-order valence-electron chi connectivity index (χ0n) is 9.59. The van der Waals surface area contributed by atoms with E-state index in [2.05, 4.69) is 0 Å². The Morgan fingerprint density at radius 1 is 1.41 bits per heavy atom. The van der Waals surface area contributed by atoms with Crippen LogP contribution in [0.1, 0.15) is 6.42 Å². The molecule has 1 saturated heterocycles. The van der Waals surface area contributed by atoms with E-state index in [0.29, 0.717) is 31.2 Å². The molecule has 0 aliphatic carbocycles. The van der Waals surface area contributed by atoms with Crippen LogP contribution in [0.5, 0.6) is 5.75 Å². The molecule has 0 radical (unpaired) electrons. The number of carbonyl (C=O) groups excluding carboxylic acids is 1. The van der Waals surface area contributed by atoms with Crippen molar-refractivity contribution in [2.45, 2.75) is 6.42 Å². The Hall–Kier alpha value is -1.91. The van der Waals surface area contributed by atoms with E-state index in [0.717, 1.165) is 13.0 Å². The smallest absolute Gasteiger partial charge is 0.409 e. The molecule has 0 saturated carbocycles. The van der Waals surface area contributed by atoms with Crippen molar-refractivity contribution in [3.8, 4) is 5.75 Å². The minimum absolute atomic E-state index is 0.263. The Kier molecular flexibility index (Phi) is 3.69. The van der Waals surface area contributed by atoms with Crippen LogP contribution in [0.15, 0.2) is 24.3 Å². The first kappa shape index (κ1) is 11.6. The summed E-state index contributed by atoms with van der Waals surface area (Å²) in [6.07, 6.45) is 0.611. The Bertz CT molecular complexity index is 395. The molecule has 1 aromatic carbocycles. The van der Waals surface area contributed by atoms with Gasteiger partial charge in [-0.25, -0.2) is 4.79 Å². The molecule has 0 atom stereocenters. The van der Waals surface area contributed by atoms with Crippen LogP contribution in [-0.4, -0.2) is 37.3 Å². The van der Waals surface area contributed by atoms with E-state index >= 15 is 0 Å². The number of nitrogen functional groups attached to an aromatic ring is 1. The third-order valence-corrected chi connectivity index (χ3v) is 2.59. The van der Waals surface area contributed by atoms with Crippen LogP contribution in [-0.2, 0) is 4.74 Å². The Labute approximate surface area is 100 Å². The lowest BCUT2D eigenvalue weighted by Crippen LogP contribution is -2.40. The van der Waals surface area contributed by atoms with E-state index in [1.807, 2.05) is 18.2 Å². The molecule has 5 heteroatoms. The number of carbonyl (C=O) groups is 1. The summed E-state index contributed by atoms with van der Waals surface area (Å²) >= 11 is 0. The lowest BCUT2D eigenvalue weighted by molar-refractivity contribution is 0.0672. The molecule has 0 spiro atoms. The maximum Gasteiger partial charge on any atom is 0.409 e. The van der Waals surface area contributed by atoms with Gasteiger partial charge in [0.1, 0.15) is 12.4 Å². The lowest BCUT2D eigenvalue weighted by Gasteiger charge is -2.26. The molecule has 1 aliphatic rings. The van der Waals surface area contributed by atoms with Crippen LogP contribution in [0.4, 0.5) is 10.5 Å². The van der Waals surface area contributed by atoms with Crippen LogP contribution in [0.2, 0.25) is 0 Å². The zero-order valence-corrected chi connectivity index (χ0v) is 9.59. The standard InChI is InChI=1S/C12H16N2O3/c13-10-4-1-2-5-11(10)16-9-7-14-6-3-8-17-12(14)15/h1-2,4-5H,3,6-9,13H2. The Morgan fingerprint density at radius 2 is 2.24 bits per heavy atom. The first-order valence-electron chi connectivity index (χ1n) is 5.66. The molecular weight excluding hydrogens is 220 g/mol. The van der Waals surface area contributed by atoms with Crippen molar-refractivity contribution in [2.24, 2.45) is 0 Å². The van der Waals surface area contributed by atoms with Gasteiger partial charge in [0, 0.05) is 6.54 Å². The number of anilines is 1. The van der Waals surface area contributed by atoms with Gasteiger partial charge in [-0.2, -0.15) is 0 Å². The molecular formula is C12H16N2O3. The fraction of sp³-hybridized carbons (Fsp3) is 0.417. The van der Waals surface area contributed by atoms with Gasteiger partial charge in [-0.15, -0.1) is 0 Å². The number of nitrogens with two attached hydrogens (primary N) is 1. The largest absolute Gasteiger partial charge is 0.490 e. The van der Waals surface area contributed by atoms with Crippen LogP contribution in [0.25, 0.3) is 0 Å². The summed E-state index contributed by atoms with van der Waals surface area (Å²) in [5, 5.41) is 0. The normalized spacial score (nSPS) is 15.5. The zero-order chi connectivity index (χ0) is 12.1. The second-order valence-corrected chi connectivity index (χ2v) is 3.84. The second-order valence-electron chi connectivity index (χ2n) is 3.84. The fourth-order valence-electron chi connectivity index (χ4n) is 1.68. The molecule has 5 nitrogen and oxygen atoms in total. The average Bonchev–Trinajstić information content (AvgIpc) is 2.34. The molecule has 1 amide bonds. The SMILES string of the molecule is Nc1ccccc1OCCN1CCCOC1=O. The second kappa shape index (κ2) is 5.43. The number of amides is 1. The number of benzene rings is 1. The molecule has 1 aliphatic heterocycles.